The molecular weight excluding hydrogens is 261 g/mol. The van der Waals surface area contributed by atoms with Gasteiger partial charge in [-0.2, -0.15) is 13.2 Å². The quantitative estimate of drug-likeness (QED) is 0.895. The van der Waals surface area contributed by atoms with E-state index in [0.717, 1.165) is 12.1 Å². The molecule has 4 nitrogen and oxygen atoms in total. The molecule has 0 fully saturated rings. The van der Waals surface area contributed by atoms with Crippen LogP contribution in [0.5, 0.6) is 0 Å². The van der Waals surface area contributed by atoms with Gasteiger partial charge in [0.25, 0.3) is 0 Å². The molecule has 1 aromatic carbocycles. The minimum atomic E-state index is -4.41. The molecule has 2 aromatic rings. The Morgan fingerprint density at radius 2 is 1.95 bits per heavy atom. The fourth-order valence-electron chi connectivity index (χ4n) is 1.96. The van der Waals surface area contributed by atoms with Gasteiger partial charge in [-0.1, -0.05) is 0 Å². The molecule has 0 spiro atoms. The van der Waals surface area contributed by atoms with E-state index in [0.29, 0.717) is 24.3 Å². The van der Waals surface area contributed by atoms with Crippen molar-refractivity contribution in [2.45, 2.75) is 25.7 Å². The average Bonchev–Trinajstić information content (AvgIpc) is 2.72. The van der Waals surface area contributed by atoms with E-state index in [1.165, 1.54) is 6.07 Å². The van der Waals surface area contributed by atoms with Gasteiger partial charge in [-0.15, -0.1) is 0 Å². The largest absolute Gasteiger partial charge is 0.416 e. The van der Waals surface area contributed by atoms with Gasteiger partial charge in [0.1, 0.15) is 12.4 Å². The second kappa shape index (κ2) is 5.18. The summed E-state index contributed by atoms with van der Waals surface area (Å²) in [6.07, 6.45) is -3.97. The minimum Gasteiger partial charge on any atom is -0.396 e. The fraction of sp³-hybridized carbons (Fsp3) is 0.417. The molecule has 0 bridgehead atoms. The lowest BCUT2D eigenvalue weighted by Gasteiger charge is -2.08. The Morgan fingerprint density at radius 3 is 2.53 bits per heavy atom. The molecular formula is C12H13F3N2O2. The van der Waals surface area contributed by atoms with Crippen LogP contribution in [0.1, 0.15) is 17.8 Å². The van der Waals surface area contributed by atoms with Crippen LogP contribution in [0.4, 0.5) is 13.2 Å². The third-order valence-corrected chi connectivity index (χ3v) is 2.84. The normalized spacial score (nSPS) is 12.3. The van der Waals surface area contributed by atoms with Crippen LogP contribution < -0.4 is 0 Å². The standard InChI is InChI=1S/C12H13F3N2O2/c13-12(14,15)8-2-3-10-9(6-8)16-11(7-19)17(10)4-1-5-18/h2-3,6,18-19H,1,4-5,7H2. The molecule has 0 amide bonds. The zero-order chi connectivity index (χ0) is 14.0. The number of imidazole rings is 1. The monoisotopic (exact) mass is 274 g/mol. The highest BCUT2D eigenvalue weighted by Crippen LogP contribution is 2.31. The van der Waals surface area contributed by atoms with Gasteiger partial charge >= 0.3 is 6.18 Å². The molecule has 0 radical (unpaired) electrons. The number of fused-ring (bicyclic) bond motifs is 1. The van der Waals surface area contributed by atoms with Crippen LogP contribution in [0.25, 0.3) is 11.0 Å². The number of alkyl halides is 3. The highest BCUT2D eigenvalue weighted by Gasteiger charge is 2.31. The van der Waals surface area contributed by atoms with E-state index in [1.54, 1.807) is 4.57 Å². The Labute approximate surface area is 107 Å². The predicted octanol–water partition coefficient (Wildman–Crippen LogP) is 1.93. The zero-order valence-electron chi connectivity index (χ0n) is 9.98. The predicted molar refractivity (Wildman–Crippen MR) is 62.4 cm³/mol. The summed E-state index contributed by atoms with van der Waals surface area (Å²) < 4.78 is 39.4. The highest BCUT2D eigenvalue weighted by molar-refractivity contribution is 5.77. The van der Waals surface area contributed by atoms with E-state index in [2.05, 4.69) is 4.98 Å². The molecule has 2 N–H and O–H groups in total. The molecule has 19 heavy (non-hydrogen) atoms. The van der Waals surface area contributed by atoms with E-state index in [1.807, 2.05) is 0 Å². The first-order valence-corrected chi connectivity index (χ1v) is 5.75. The highest BCUT2D eigenvalue weighted by atomic mass is 19.4. The maximum atomic E-state index is 12.6. The third-order valence-electron chi connectivity index (χ3n) is 2.84. The first kappa shape index (κ1) is 13.8. The molecule has 0 saturated heterocycles. The summed E-state index contributed by atoms with van der Waals surface area (Å²) in [7, 11) is 0. The van der Waals surface area contributed by atoms with Crippen molar-refractivity contribution in [2.24, 2.45) is 0 Å². The van der Waals surface area contributed by atoms with Gasteiger partial charge in [0.2, 0.25) is 0 Å². The van der Waals surface area contributed by atoms with Gasteiger partial charge in [-0.25, -0.2) is 4.98 Å². The van der Waals surface area contributed by atoms with Crippen molar-refractivity contribution >= 4 is 11.0 Å². The topological polar surface area (TPSA) is 58.3 Å². The lowest BCUT2D eigenvalue weighted by atomic mass is 10.2. The van der Waals surface area contributed by atoms with E-state index < -0.39 is 11.7 Å². The number of hydrogen-bond acceptors (Lipinski definition) is 3. The molecule has 0 aliphatic heterocycles. The van der Waals surface area contributed by atoms with Crippen molar-refractivity contribution < 1.29 is 23.4 Å². The van der Waals surface area contributed by atoms with Crippen LogP contribution in [0.2, 0.25) is 0 Å². The number of benzene rings is 1. The summed E-state index contributed by atoms with van der Waals surface area (Å²) in [6, 6.07) is 3.28. The molecule has 0 unspecified atom stereocenters. The molecule has 0 saturated carbocycles. The second-order valence-electron chi connectivity index (χ2n) is 4.12. The molecule has 0 aliphatic carbocycles. The lowest BCUT2D eigenvalue weighted by molar-refractivity contribution is -0.137. The summed E-state index contributed by atoms with van der Waals surface area (Å²) in [5.74, 6) is 0.294. The van der Waals surface area contributed by atoms with Gasteiger partial charge in [-0.3, -0.25) is 0 Å². The molecule has 1 aromatic heterocycles. The smallest absolute Gasteiger partial charge is 0.396 e. The van der Waals surface area contributed by atoms with Crippen molar-refractivity contribution in [1.29, 1.82) is 0 Å². The number of hydrogen-bond donors (Lipinski definition) is 2. The maximum absolute atomic E-state index is 12.6. The number of nitrogens with zero attached hydrogens (tertiary/aromatic N) is 2. The molecule has 104 valence electrons. The van der Waals surface area contributed by atoms with Crippen LogP contribution in [-0.4, -0.2) is 26.4 Å². The number of halogens is 3. The van der Waals surface area contributed by atoms with Gasteiger partial charge in [-0.05, 0) is 24.6 Å². The van der Waals surface area contributed by atoms with Crippen molar-refractivity contribution in [3.63, 3.8) is 0 Å². The summed E-state index contributed by atoms with van der Waals surface area (Å²) in [6.45, 7) is 0.000887. The first-order valence-electron chi connectivity index (χ1n) is 5.75. The van der Waals surface area contributed by atoms with Gasteiger partial charge in [0, 0.05) is 13.2 Å². The summed E-state index contributed by atoms with van der Waals surface area (Å²) in [4.78, 5) is 3.99. The van der Waals surface area contributed by atoms with E-state index in [4.69, 9.17) is 5.11 Å². The van der Waals surface area contributed by atoms with E-state index in [-0.39, 0.29) is 18.7 Å². The van der Waals surface area contributed by atoms with Crippen molar-refractivity contribution in [2.75, 3.05) is 6.61 Å². The van der Waals surface area contributed by atoms with E-state index >= 15 is 0 Å². The third kappa shape index (κ3) is 2.71. The second-order valence-corrected chi connectivity index (χ2v) is 4.12. The van der Waals surface area contributed by atoms with Crippen LogP contribution in [-0.2, 0) is 19.3 Å². The number of aliphatic hydroxyl groups is 2. The Balaban J connectivity index is 2.51. The van der Waals surface area contributed by atoms with Crippen LogP contribution >= 0.6 is 0 Å². The van der Waals surface area contributed by atoms with Crippen molar-refractivity contribution in [3.05, 3.63) is 29.6 Å². The van der Waals surface area contributed by atoms with Crippen LogP contribution in [0, 0.1) is 0 Å². The SMILES string of the molecule is OCCCn1c(CO)nc2cc(C(F)(F)F)ccc21. The summed E-state index contributed by atoms with van der Waals surface area (Å²) >= 11 is 0. The fourth-order valence-corrected chi connectivity index (χ4v) is 1.96. The first-order chi connectivity index (χ1) is 8.97. The van der Waals surface area contributed by atoms with Gasteiger partial charge < -0.3 is 14.8 Å². The number of aromatic nitrogens is 2. The van der Waals surface area contributed by atoms with Crippen molar-refractivity contribution in [1.82, 2.24) is 9.55 Å². The average molecular weight is 274 g/mol. The number of aryl methyl sites for hydroxylation is 1. The van der Waals surface area contributed by atoms with Gasteiger partial charge in [0.15, 0.2) is 0 Å². The molecule has 0 atom stereocenters. The number of aliphatic hydroxyl groups excluding tert-OH is 2. The van der Waals surface area contributed by atoms with E-state index in [9.17, 15) is 18.3 Å². The summed E-state index contributed by atoms with van der Waals surface area (Å²) in [5.41, 5.74) is -0.0568. The lowest BCUT2D eigenvalue weighted by Crippen LogP contribution is -2.06. The van der Waals surface area contributed by atoms with Crippen molar-refractivity contribution in [3.8, 4) is 0 Å². The Kier molecular flexibility index (Phi) is 3.77. The van der Waals surface area contributed by atoms with Crippen LogP contribution in [0.3, 0.4) is 0 Å². The molecule has 2 rings (SSSR count). The van der Waals surface area contributed by atoms with Gasteiger partial charge in [0.05, 0.1) is 16.6 Å². The minimum absolute atomic E-state index is 0.0365. The Morgan fingerprint density at radius 1 is 1.21 bits per heavy atom. The Hall–Kier alpha value is -1.60. The van der Waals surface area contributed by atoms with Crippen LogP contribution in [0.15, 0.2) is 18.2 Å². The maximum Gasteiger partial charge on any atom is 0.416 e. The molecule has 7 heteroatoms. The number of rotatable bonds is 4. The zero-order valence-corrected chi connectivity index (χ0v) is 9.98. The molecule has 1 heterocycles. The summed E-state index contributed by atoms with van der Waals surface area (Å²) in [5, 5.41) is 18.0. The Bertz CT molecular complexity index is 578. The molecule has 0 aliphatic rings.